The molecule has 1 atom stereocenters. The molecule has 0 bridgehead atoms. The van der Waals surface area contributed by atoms with E-state index in [9.17, 15) is 5.11 Å². The van der Waals surface area contributed by atoms with Crippen molar-refractivity contribution in [2.75, 3.05) is 13.1 Å². The van der Waals surface area contributed by atoms with Gasteiger partial charge in [0.2, 0.25) is 5.88 Å². The first-order chi connectivity index (χ1) is 14.5. The van der Waals surface area contributed by atoms with Crippen LogP contribution in [0.3, 0.4) is 0 Å². The number of aromatic nitrogens is 3. The first-order valence-corrected chi connectivity index (χ1v) is 10.8. The number of pyridine rings is 1. The van der Waals surface area contributed by atoms with Crippen LogP contribution < -0.4 is 15.4 Å². The number of rotatable bonds is 8. The molecule has 0 aromatic carbocycles. The molecule has 1 aliphatic rings. The molecule has 2 aromatic heterocycles. The van der Waals surface area contributed by atoms with E-state index in [0.717, 1.165) is 30.5 Å². The van der Waals surface area contributed by atoms with Crippen molar-refractivity contribution >= 4 is 29.9 Å². The zero-order chi connectivity index (χ0) is 21.4. The summed E-state index contributed by atoms with van der Waals surface area (Å²) in [5, 5.41) is 21.3. The standard InChI is InChI=1S/C22H34N6O2.HI/c1-4-23-21(26-16-22(2,29)18-14-27-28(3)15-18)25-13-17-10-11-20(24-12-17)30-19-8-6-5-7-9-19;/h10-12,14-15,19,29H,4-9,13,16H2,1-3H3,(H2,23,25,26);1H. The van der Waals surface area contributed by atoms with Crippen LogP contribution in [0.15, 0.2) is 35.7 Å². The summed E-state index contributed by atoms with van der Waals surface area (Å²) in [4.78, 5) is 9.06. The number of ether oxygens (including phenoxy) is 1. The maximum absolute atomic E-state index is 10.7. The van der Waals surface area contributed by atoms with Gasteiger partial charge in [-0.05, 0) is 45.1 Å². The average molecular weight is 542 g/mol. The van der Waals surface area contributed by atoms with E-state index in [4.69, 9.17) is 4.74 Å². The molecule has 0 spiro atoms. The number of hydrogen-bond donors (Lipinski definition) is 3. The van der Waals surface area contributed by atoms with Crippen molar-refractivity contribution in [3.8, 4) is 5.88 Å². The van der Waals surface area contributed by atoms with Crippen molar-refractivity contribution in [3.05, 3.63) is 41.9 Å². The van der Waals surface area contributed by atoms with Crippen LogP contribution in [0.2, 0.25) is 0 Å². The van der Waals surface area contributed by atoms with Crippen LogP contribution in [0.1, 0.15) is 57.1 Å². The number of nitrogens with one attached hydrogen (secondary N) is 2. The van der Waals surface area contributed by atoms with E-state index < -0.39 is 5.60 Å². The highest BCUT2D eigenvalue weighted by Crippen LogP contribution is 2.22. The largest absolute Gasteiger partial charge is 0.474 e. The summed E-state index contributed by atoms with van der Waals surface area (Å²) in [6.45, 7) is 5.30. The second-order valence-electron chi connectivity index (χ2n) is 8.11. The third-order valence-electron chi connectivity index (χ3n) is 5.33. The minimum Gasteiger partial charge on any atom is -0.474 e. The smallest absolute Gasteiger partial charge is 0.213 e. The maximum atomic E-state index is 10.7. The highest BCUT2D eigenvalue weighted by atomic mass is 127. The number of aliphatic hydroxyl groups is 1. The third-order valence-corrected chi connectivity index (χ3v) is 5.33. The Balaban J connectivity index is 0.00000341. The van der Waals surface area contributed by atoms with Crippen LogP contribution in [0.5, 0.6) is 5.88 Å². The number of guanidine groups is 1. The summed E-state index contributed by atoms with van der Waals surface area (Å²) in [5.41, 5.74) is 0.706. The van der Waals surface area contributed by atoms with Crippen LogP contribution in [0.25, 0.3) is 0 Å². The van der Waals surface area contributed by atoms with Gasteiger partial charge >= 0.3 is 0 Å². The van der Waals surface area contributed by atoms with Gasteiger partial charge in [-0.1, -0.05) is 12.5 Å². The number of hydrogen-bond acceptors (Lipinski definition) is 5. The molecular weight excluding hydrogens is 507 g/mol. The molecule has 2 aromatic rings. The third kappa shape index (κ3) is 7.95. The van der Waals surface area contributed by atoms with Gasteiger partial charge in [-0.15, -0.1) is 24.0 Å². The predicted octanol–water partition coefficient (Wildman–Crippen LogP) is 3.11. The zero-order valence-corrected chi connectivity index (χ0v) is 21.0. The van der Waals surface area contributed by atoms with Crippen LogP contribution in [0, 0.1) is 0 Å². The SMILES string of the molecule is CCNC(=NCc1ccc(OC2CCCCC2)nc1)NCC(C)(O)c1cnn(C)c1.I. The Morgan fingerprint density at radius 2 is 2.03 bits per heavy atom. The van der Waals surface area contributed by atoms with Gasteiger partial charge in [0.25, 0.3) is 0 Å². The van der Waals surface area contributed by atoms with Crippen molar-refractivity contribution in [2.24, 2.45) is 12.0 Å². The van der Waals surface area contributed by atoms with Crippen molar-refractivity contribution in [1.82, 2.24) is 25.4 Å². The predicted molar refractivity (Wildman–Crippen MR) is 133 cm³/mol. The molecule has 8 nitrogen and oxygen atoms in total. The van der Waals surface area contributed by atoms with E-state index in [0.29, 0.717) is 31.0 Å². The Labute approximate surface area is 201 Å². The molecule has 9 heteroatoms. The molecule has 0 radical (unpaired) electrons. The molecule has 1 unspecified atom stereocenters. The molecule has 2 heterocycles. The summed E-state index contributed by atoms with van der Waals surface area (Å²) in [5.74, 6) is 1.33. The highest BCUT2D eigenvalue weighted by molar-refractivity contribution is 14.0. The van der Waals surface area contributed by atoms with Gasteiger partial charge in [0.15, 0.2) is 5.96 Å². The van der Waals surface area contributed by atoms with Crippen molar-refractivity contribution in [2.45, 2.75) is 64.2 Å². The topological polar surface area (TPSA) is 96.6 Å². The van der Waals surface area contributed by atoms with Gasteiger partial charge in [-0.25, -0.2) is 9.98 Å². The summed E-state index contributed by atoms with van der Waals surface area (Å²) in [7, 11) is 1.83. The van der Waals surface area contributed by atoms with Crippen LogP contribution >= 0.6 is 24.0 Å². The molecule has 0 aliphatic heterocycles. The minimum atomic E-state index is -1.05. The Morgan fingerprint density at radius 1 is 1.26 bits per heavy atom. The van der Waals surface area contributed by atoms with E-state index in [2.05, 4.69) is 25.7 Å². The molecule has 1 aliphatic carbocycles. The van der Waals surface area contributed by atoms with Crippen LogP contribution in [-0.2, 0) is 19.2 Å². The number of aryl methyl sites for hydroxylation is 1. The lowest BCUT2D eigenvalue weighted by Crippen LogP contribution is -2.44. The fraction of sp³-hybridized carbons (Fsp3) is 0.591. The Hall–Kier alpha value is -1.88. The Bertz CT molecular complexity index is 816. The van der Waals surface area contributed by atoms with Gasteiger partial charge < -0.3 is 20.5 Å². The monoisotopic (exact) mass is 542 g/mol. The fourth-order valence-electron chi connectivity index (χ4n) is 3.50. The van der Waals surface area contributed by atoms with Crippen molar-refractivity contribution in [3.63, 3.8) is 0 Å². The summed E-state index contributed by atoms with van der Waals surface area (Å²) < 4.78 is 7.67. The maximum Gasteiger partial charge on any atom is 0.213 e. The molecule has 31 heavy (non-hydrogen) atoms. The molecule has 172 valence electrons. The van der Waals surface area contributed by atoms with Crippen LogP contribution in [0.4, 0.5) is 0 Å². The summed E-state index contributed by atoms with van der Waals surface area (Å²) >= 11 is 0. The number of aliphatic imine (C=N–C) groups is 1. The molecule has 3 rings (SSSR count). The van der Waals surface area contributed by atoms with Gasteiger partial charge in [0, 0.05) is 37.6 Å². The number of halogens is 1. The lowest BCUT2D eigenvalue weighted by atomic mass is 9.98. The van der Waals surface area contributed by atoms with E-state index >= 15 is 0 Å². The lowest BCUT2D eigenvalue weighted by Gasteiger charge is -2.23. The summed E-state index contributed by atoms with van der Waals surface area (Å²) in [6, 6.07) is 3.93. The summed E-state index contributed by atoms with van der Waals surface area (Å²) in [6.07, 6.45) is 11.6. The zero-order valence-electron chi connectivity index (χ0n) is 18.7. The molecule has 3 N–H and O–H groups in total. The first kappa shape index (κ1) is 25.4. The van der Waals surface area contributed by atoms with Gasteiger partial charge in [-0.2, -0.15) is 5.10 Å². The van der Waals surface area contributed by atoms with E-state index in [-0.39, 0.29) is 24.0 Å². The van der Waals surface area contributed by atoms with E-state index in [1.54, 1.807) is 17.8 Å². The average Bonchev–Trinajstić information content (AvgIpc) is 3.19. The lowest BCUT2D eigenvalue weighted by molar-refractivity contribution is 0.0616. The fourth-order valence-corrected chi connectivity index (χ4v) is 3.50. The molecule has 0 amide bonds. The van der Waals surface area contributed by atoms with Gasteiger partial charge in [-0.3, -0.25) is 4.68 Å². The van der Waals surface area contributed by atoms with Gasteiger partial charge in [0.05, 0.1) is 19.3 Å². The minimum absolute atomic E-state index is 0. The highest BCUT2D eigenvalue weighted by Gasteiger charge is 2.25. The van der Waals surface area contributed by atoms with Gasteiger partial charge in [0.1, 0.15) is 11.7 Å². The Morgan fingerprint density at radius 3 is 2.65 bits per heavy atom. The first-order valence-electron chi connectivity index (χ1n) is 10.8. The molecule has 0 saturated heterocycles. The Kier molecular flexibility index (Phi) is 10.0. The normalized spacial score (nSPS) is 16.8. The van der Waals surface area contributed by atoms with Crippen molar-refractivity contribution < 1.29 is 9.84 Å². The quantitative estimate of drug-likeness (QED) is 0.270. The number of nitrogens with zero attached hydrogens (tertiary/aromatic N) is 4. The van der Waals surface area contributed by atoms with E-state index in [1.165, 1.54) is 19.3 Å². The van der Waals surface area contributed by atoms with E-state index in [1.807, 2.05) is 38.5 Å². The van der Waals surface area contributed by atoms with Crippen molar-refractivity contribution in [1.29, 1.82) is 0 Å². The second-order valence-corrected chi connectivity index (χ2v) is 8.11. The molecule has 1 fully saturated rings. The molecule has 1 saturated carbocycles. The van der Waals surface area contributed by atoms with Crippen LogP contribution in [-0.4, -0.2) is 45.0 Å². The second kappa shape index (κ2) is 12.2. The molecular formula is C22H35IN6O2.